The SMILES string of the molecule is CC(=O)Nc1ccc(S(=O)(=O)N(C)Cc2nc(-c3cccc(C)c3)no2)cc1. The molecule has 0 aliphatic heterocycles. The monoisotopic (exact) mass is 400 g/mol. The summed E-state index contributed by atoms with van der Waals surface area (Å²) in [5.41, 5.74) is 2.38. The summed E-state index contributed by atoms with van der Waals surface area (Å²) in [5, 5.41) is 6.52. The Morgan fingerprint density at radius 3 is 2.54 bits per heavy atom. The smallest absolute Gasteiger partial charge is 0.243 e. The Balaban J connectivity index is 1.75. The topological polar surface area (TPSA) is 105 Å². The number of amides is 1. The first-order valence-corrected chi connectivity index (χ1v) is 9.93. The van der Waals surface area contributed by atoms with Gasteiger partial charge in [0.1, 0.15) is 0 Å². The van der Waals surface area contributed by atoms with Crippen molar-refractivity contribution < 1.29 is 17.7 Å². The largest absolute Gasteiger partial charge is 0.338 e. The number of nitrogens with zero attached hydrogens (tertiary/aromatic N) is 3. The quantitative estimate of drug-likeness (QED) is 0.682. The predicted octanol–water partition coefficient (Wildman–Crippen LogP) is 2.82. The molecule has 0 spiro atoms. The van der Waals surface area contributed by atoms with Gasteiger partial charge in [0, 0.05) is 25.2 Å². The molecule has 0 aliphatic carbocycles. The average molecular weight is 400 g/mol. The van der Waals surface area contributed by atoms with Crippen molar-refractivity contribution in [2.75, 3.05) is 12.4 Å². The molecule has 1 heterocycles. The average Bonchev–Trinajstić information content (AvgIpc) is 3.10. The van der Waals surface area contributed by atoms with E-state index in [-0.39, 0.29) is 23.2 Å². The molecule has 3 aromatic rings. The number of hydrogen-bond acceptors (Lipinski definition) is 6. The summed E-state index contributed by atoms with van der Waals surface area (Å²) < 4.78 is 31.8. The summed E-state index contributed by atoms with van der Waals surface area (Å²) in [5.74, 6) is 0.370. The highest BCUT2D eigenvalue weighted by molar-refractivity contribution is 7.89. The normalized spacial score (nSPS) is 11.6. The highest BCUT2D eigenvalue weighted by Gasteiger charge is 2.23. The van der Waals surface area contributed by atoms with E-state index in [1.807, 2.05) is 31.2 Å². The van der Waals surface area contributed by atoms with Gasteiger partial charge >= 0.3 is 0 Å². The predicted molar refractivity (Wildman–Crippen MR) is 104 cm³/mol. The van der Waals surface area contributed by atoms with Gasteiger partial charge in [0.25, 0.3) is 0 Å². The van der Waals surface area contributed by atoms with E-state index in [0.29, 0.717) is 11.5 Å². The number of rotatable bonds is 6. The molecule has 3 rings (SSSR count). The fourth-order valence-corrected chi connectivity index (χ4v) is 3.71. The molecule has 8 nitrogen and oxygen atoms in total. The minimum atomic E-state index is -3.75. The van der Waals surface area contributed by atoms with Crippen molar-refractivity contribution >= 4 is 21.6 Å². The van der Waals surface area contributed by atoms with E-state index in [2.05, 4.69) is 15.5 Å². The Bertz CT molecular complexity index is 1090. The standard InChI is InChI=1S/C19H20N4O4S/c1-13-5-4-6-15(11-13)19-21-18(27-22-19)12-23(3)28(25,26)17-9-7-16(8-10-17)20-14(2)24/h4-11H,12H2,1-3H3,(H,20,24). The van der Waals surface area contributed by atoms with Gasteiger partial charge in [-0.2, -0.15) is 9.29 Å². The van der Waals surface area contributed by atoms with Gasteiger partial charge in [0.2, 0.25) is 27.6 Å². The van der Waals surface area contributed by atoms with Crippen LogP contribution in [0.3, 0.4) is 0 Å². The van der Waals surface area contributed by atoms with Crippen LogP contribution in [0.15, 0.2) is 57.9 Å². The van der Waals surface area contributed by atoms with Crippen LogP contribution in [0, 0.1) is 6.92 Å². The second-order valence-electron chi connectivity index (χ2n) is 6.35. The zero-order valence-electron chi connectivity index (χ0n) is 15.7. The van der Waals surface area contributed by atoms with Crippen LogP contribution in [0.25, 0.3) is 11.4 Å². The highest BCUT2D eigenvalue weighted by atomic mass is 32.2. The first-order chi connectivity index (χ1) is 13.3. The summed E-state index contributed by atoms with van der Waals surface area (Å²) in [6, 6.07) is 13.6. The molecule has 0 saturated heterocycles. The van der Waals surface area contributed by atoms with Crippen molar-refractivity contribution in [3.63, 3.8) is 0 Å². The maximum atomic E-state index is 12.7. The Morgan fingerprint density at radius 1 is 1.18 bits per heavy atom. The molecule has 0 bridgehead atoms. The zero-order valence-corrected chi connectivity index (χ0v) is 16.5. The first-order valence-electron chi connectivity index (χ1n) is 8.49. The highest BCUT2D eigenvalue weighted by Crippen LogP contribution is 2.21. The van der Waals surface area contributed by atoms with Crippen LogP contribution >= 0.6 is 0 Å². The van der Waals surface area contributed by atoms with Gasteiger partial charge in [0.15, 0.2) is 0 Å². The van der Waals surface area contributed by atoms with E-state index in [0.717, 1.165) is 15.4 Å². The van der Waals surface area contributed by atoms with Crippen LogP contribution in [0.5, 0.6) is 0 Å². The van der Waals surface area contributed by atoms with Crippen LogP contribution in [0.2, 0.25) is 0 Å². The van der Waals surface area contributed by atoms with Gasteiger partial charge in [-0.15, -0.1) is 0 Å². The van der Waals surface area contributed by atoms with Gasteiger partial charge < -0.3 is 9.84 Å². The molecule has 28 heavy (non-hydrogen) atoms. The molecule has 0 fully saturated rings. The minimum absolute atomic E-state index is 0.0609. The van der Waals surface area contributed by atoms with Crippen molar-refractivity contribution in [2.45, 2.75) is 25.3 Å². The Labute approximate surface area is 163 Å². The fourth-order valence-electron chi connectivity index (χ4n) is 2.59. The third-order valence-corrected chi connectivity index (χ3v) is 5.80. The van der Waals surface area contributed by atoms with Crippen LogP contribution in [0.4, 0.5) is 5.69 Å². The van der Waals surface area contributed by atoms with E-state index >= 15 is 0 Å². The minimum Gasteiger partial charge on any atom is -0.338 e. The lowest BCUT2D eigenvalue weighted by molar-refractivity contribution is -0.114. The number of sulfonamides is 1. The van der Waals surface area contributed by atoms with Gasteiger partial charge in [-0.3, -0.25) is 4.79 Å². The van der Waals surface area contributed by atoms with Crippen LogP contribution in [-0.4, -0.2) is 35.8 Å². The van der Waals surface area contributed by atoms with Crippen LogP contribution in [0.1, 0.15) is 18.4 Å². The molecule has 0 aliphatic rings. The second kappa shape index (κ2) is 7.91. The van der Waals surface area contributed by atoms with Gasteiger partial charge in [-0.05, 0) is 37.3 Å². The van der Waals surface area contributed by atoms with Gasteiger partial charge in [-0.1, -0.05) is 28.9 Å². The molecule has 0 radical (unpaired) electrons. The van der Waals surface area contributed by atoms with Gasteiger partial charge in [-0.25, -0.2) is 8.42 Å². The second-order valence-corrected chi connectivity index (χ2v) is 8.39. The van der Waals surface area contributed by atoms with Crippen molar-refractivity contribution in [3.05, 3.63) is 60.0 Å². The summed E-state index contributed by atoms with van der Waals surface area (Å²) in [6.45, 7) is 3.28. The third kappa shape index (κ3) is 4.44. The van der Waals surface area contributed by atoms with Gasteiger partial charge in [0.05, 0.1) is 11.4 Å². The number of hydrogen-bond donors (Lipinski definition) is 1. The van der Waals surface area contributed by atoms with Crippen LogP contribution in [-0.2, 0) is 21.4 Å². The number of carbonyl (C=O) groups is 1. The summed E-state index contributed by atoms with van der Waals surface area (Å²) in [4.78, 5) is 15.5. The molecule has 2 aromatic carbocycles. The maximum absolute atomic E-state index is 12.7. The lowest BCUT2D eigenvalue weighted by Gasteiger charge is -2.15. The number of anilines is 1. The molecule has 0 atom stereocenters. The molecule has 146 valence electrons. The van der Waals surface area contributed by atoms with E-state index < -0.39 is 10.0 Å². The third-order valence-electron chi connectivity index (χ3n) is 3.99. The molecule has 1 aromatic heterocycles. The van der Waals surface area contributed by atoms with Crippen molar-refractivity contribution in [2.24, 2.45) is 0 Å². The fraction of sp³-hybridized carbons (Fsp3) is 0.211. The summed E-state index contributed by atoms with van der Waals surface area (Å²) in [6.07, 6.45) is 0. The molecule has 1 amide bonds. The molecule has 0 saturated carbocycles. The van der Waals surface area contributed by atoms with E-state index in [4.69, 9.17) is 4.52 Å². The zero-order chi connectivity index (χ0) is 20.3. The lowest BCUT2D eigenvalue weighted by atomic mass is 10.1. The molecule has 0 unspecified atom stereocenters. The summed E-state index contributed by atoms with van der Waals surface area (Å²) >= 11 is 0. The molecule has 1 N–H and O–H groups in total. The molecule has 9 heteroatoms. The Kier molecular flexibility index (Phi) is 5.57. The number of aromatic nitrogens is 2. The molecular weight excluding hydrogens is 380 g/mol. The van der Waals surface area contributed by atoms with Crippen molar-refractivity contribution in [1.82, 2.24) is 14.4 Å². The molecular formula is C19H20N4O4S. The Morgan fingerprint density at radius 2 is 1.89 bits per heavy atom. The van der Waals surface area contributed by atoms with E-state index in [1.165, 1.54) is 38.2 Å². The van der Waals surface area contributed by atoms with E-state index in [1.54, 1.807) is 0 Å². The number of nitrogens with one attached hydrogen (secondary N) is 1. The maximum Gasteiger partial charge on any atom is 0.243 e. The Hall–Kier alpha value is -3.04. The van der Waals surface area contributed by atoms with Crippen molar-refractivity contribution in [1.29, 1.82) is 0 Å². The summed E-state index contributed by atoms with van der Waals surface area (Å²) in [7, 11) is -2.31. The van der Waals surface area contributed by atoms with E-state index in [9.17, 15) is 13.2 Å². The first kappa shape index (κ1) is 19.7. The lowest BCUT2D eigenvalue weighted by Crippen LogP contribution is -2.26. The van der Waals surface area contributed by atoms with Crippen molar-refractivity contribution in [3.8, 4) is 11.4 Å². The number of benzene rings is 2. The number of carbonyl (C=O) groups excluding carboxylic acids is 1. The number of aryl methyl sites for hydroxylation is 1. The van der Waals surface area contributed by atoms with Crippen LogP contribution < -0.4 is 5.32 Å².